The van der Waals surface area contributed by atoms with Gasteiger partial charge in [0.2, 0.25) is 5.91 Å². The van der Waals surface area contributed by atoms with Crippen molar-refractivity contribution in [3.63, 3.8) is 0 Å². The molecule has 2 amide bonds. The number of aromatic nitrogens is 4. The van der Waals surface area contributed by atoms with E-state index < -0.39 is 12.1 Å². The predicted octanol–water partition coefficient (Wildman–Crippen LogP) is 6.81. The van der Waals surface area contributed by atoms with E-state index in [2.05, 4.69) is 92.3 Å². The SMILES string of the molecule is CC(C)C(NC(=O)O)C(=O)N1CC2(CC2)CC1c1ncc(-c2ccc(-c3ccc4cc(-c5cnc(C6CC(C#N)CN6)[nH]5)ccc4c3)cc2)[nH]1. The highest BCUT2D eigenvalue weighted by molar-refractivity contribution is 5.90. The minimum absolute atomic E-state index is 0.0225. The zero-order valence-electron chi connectivity index (χ0n) is 28.1. The molecule has 2 aromatic heterocycles. The lowest BCUT2D eigenvalue weighted by atomic mass is 9.98. The summed E-state index contributed by atoms with van der Waals surface area (Å²) in [6.07, 6.45) is 6.25. The largest absolute Gasteiger partial charge is 0.465 e. The van der Waals surface area contributed by atoms with Gasteiger partial charge in [0.05, 0.1) is 47.9 Å². The van der Waals surface area contributed by atoms with Gasteiger partial charge in [-0.15, -0.1) is 0 Å². The normalized spacial score (nSPS) is 21.5. The first-order valence-corrected chi connectivity index (χ1v) is 17.4. The van der Waals surface area contributed by atoms with Crippen LogP contribution in [0.15, 0.2) is 73.1 Å². The van der Waals surface area contributed by atoms with E-state index in [0.717, 1.165) is 81.7 Å². The molecule has 5 aromatic rings. The monoisotopic (exact) mass is 668 g/mol. The third kappa shape index (κ3) is 6.00. The molecule has 4 heterocycles. The molecule has 11 nitrogen and oxygen atoms in total. The average Bonchev–Trinajstić information content (AvgIpc) is 3.65. The number of fused-ring (bicyclic) bond motifs is 1. The number of amides is 2. The van der Waals surface area contributed by atoms with Crippen molar-refractivity contribution in [3.05, 3.63) is 84.7 Å². The Morgan fingerprint density at radius 1 is 0.920 bits per heavy atom. The van der Waals surface area contributed by atoms with E-state index >= 15 is 0 Å². The first kappa shape index (κ1) is 31.8. The molecular weight excluding hydrogens is 628 g/mol. The van der Waals surface area contributed by atoms with Crippen LogP contribution in [0.1, 0.15) is 63.3 Å². The third-order valence-electron chi connectivity index (χ3n) is 10.8. The molecule has 1 saturated carbocycles. The van der Waals surface area contributed by atoms with E-state index in [9.17, 15) is 20.0 Å². The minimum atomic E-state index is -1.19. The van der Waals surface area contributed by atoms with E-state index in [-0.39, 0.29) is 35.2 Å². The first-order chi connectivity index (χ1) is 24.2. The molecule has 254 valence electrons. The van der Waals surface area contributed by atoms with Crippen LogP contribution in [0.3, 0.4) is 0 Å². The zero-order chi connectivity index (χ0) is 34.6. The predicted molar refractivity (Wildman–Crippen MR) is 190 cm³/mol. The highest BCUT2D eigenvalue weighted by atomic mass is 16.4. The quantitative estimate of drug-likeness (QED) is 0.121. The fourth-order valence-corrected chi connectivity index (χ4v) is 7.69. The molecule has 8 rings (SSSR count). The van der Waals surface area contributed by atoms with Gasteiger partial charge in [-0.2, -0.15) is 5.26 Å². The van der Waals surface area contributed by atoms with Crippen LogP contribution in [0, 0.1) is 28.6 Å². The summed E-state index contributed by atoms with van der Waals surface area (Å²) < 4.78 is 0. The fraction of sp³-hybridized carbons (Fsp3) is 0.359. The van der Waals surface area contributed by atoms with Crippen molar-refractivity contribution in [1.82, 2.24) is 35.5 Å². The molecular formula is C39H40N8O3. The van der Waals surface area contributed by atoms with Crippen LogP contribution in [0.25, 0.3) is 44.4 Å². The summed E-state index contributed by atoms with van der Waals surface area (Å²) in [7, 11) is 0. The van der Waals surface area contributed by atoms with Gasteiger partial charge < -0.3 is 30.6 Å². The summed E-state index contributed by atoms with van der Waals surface area (Å²) in [6.45, 7) is 5.05. The molecule has 0 bridgehead atoms. The summed E-state index contributed by atoms with van der Waals surface area (Å²) in [6, 6.07) is 22.7. The lowest BCUT2D eigenvalue weighted by molar-refractivity contribution is -0.135. The maximum Gasteiger partial charge on any atom is 0.405 e. The number of carbonyl (C=O) groups excluding carboxylic acids is 1. The Morgan fingerprint density at radius 3 is 2.20 bits per heavy atom. The molecule has 3 aromatic carbocycles. The van der Waals surface area contributed by atoms with Crippen molar-refractivity contribution >= 4 is 22.8 Å². The summed E-state index contributed by atoms with van der Waals surface area (Å²) >= 11 is 0. The minimum Gasteiger partial charge on any atom is -0.465 e. The van der Waals surface area contributed by atoms with Gasteiger partial charge in [0, 0.05) is 18.7 Å². The van der Waals surface area contributed by atoms with Crippen LogP contribution in [0.5, 0.6) is 0 Å². The Morgan fingerprint density at radius 2 is 1.54 bits per heavy atom. The Kier molecular flexibility index (Phi) is 7.91. The molecule has 0 radical (unpaired) electrons. The smallest absolute Gasteiger partial charge is 0.405 e. The van der Waals surface area contributed by atoms with E-state index in [4.69, 9.17) is 4.98 Å². The first-order valence-electron chi connectivity index (χ1n) is 17.4. The van der Waals surface area contributed by atoms with Crippen molar-refractivity contribution in [2.45, 2.75) is 57.7 Å². The van der Waals surface area contributed by atoms with E-state index in [0.29, 0.717) is 13.1 Å². The number of rotatable bonds is 8. The van der Waals surface area contributed by atoms with Crippen LogP contribution < -0.4 is 10.6 Å². The number of imidazole rings is 2. The van der Waals surface area contributed by atoms with Crippen LogP contribution in [-0.4, -0.2) is 61.1 Å². The molecule has 5 N–H and O–H groups in total. The topological polar surface area (TPSA) is 163 Å². The number of nitrogens with zero attached hydrogens (tertiary/aromatic N) is 4. The van der Waals surface area contributed by atoms with Gasteiger partial charge in [-0.1, -0.05) is 62.4 Å². The molecule has 2 saturated heterocycles. The van der Waals surface area contributed by atoms with Crippen molar-refractivity contribution < 1.29 is 14.7 Å². The molecule has 4 atom stereocenters. The zero-order valence-corrected chi connectivity index (χ0v) is 28.1. The second-order valence-corrected chi connectivity index (χ2v) is 14.6. The highest BCUT2D eigenvalue weighted by Gasteiger charge is 2.55. The number of nitriles is 1. The Balaban J connectivity index is 0.976. The summed E-state index contributed by atoms with van der Waals surface area (Å²) in [5.74, 6) is 1.27. The molecule has 2 aliphatic heterocycles. The maximum atomic E-state index is 13.6. The van der Waals surface area contributed by atoms with Gasteiger partial charge in [-0.25, -0.2) is 14.8 Å². The molecule has 11 heteroatoms. The standard InChI is InChI=1S/C39H40N8O3/c1-22(2)34(46-38(49)50)37(48)47-21-39(11-12-39)16-33(47)36-43-19-31(45-36)25-5-3-24(4-6-25)26-7-8-28-15-29(10-9-27(28)14-26)32-20-42-35(44-32)30-13-23(17-40)18-41-30/h3-10,14-15,19-20,22-23,30,33-34,41,46H,11-13,16,18,21H2,1-2H3,(H,42,44)(H,43,45)(H,49,50). The lowest BCUT2D eigenvalue weighted by Gasteiger charge is -2.29. The Hall–Kier alpha value is -5.47. The van der Waals surface area contributed by atoms with Crippen LogP contribution >= 0.6 is 0 Å². The van der Waals surface area contributed by atoms with Crippen LogP contribution in [0.4, 0.5) is 4.79 Å². The molecule has 1 aliphatic carbocycles. The van der Waals surface area contributed by atoms with Crippen molar-refractivity contribution in [2.24, 2.45) is 17.3 Å². The number of carboxylic acid groups (broad SMARTS) is 1. The molecule has 3 fully saturated rings. The average molecular weight is 669 g/mol. The van der Waals surface area contributed by atoms with E-state index in [1.165, 1.54) is 0 Å². The summed E-state index contributed by atoms with van der Waals surface area (Å²) in [4.78, 5) is 43.2. The Bertz CT molecular complexity index is 2120. The van der Waals surface area contributed by atoms with Crippen LogP contribution in [0.2, 0.25) is 0 Å². The number of benzene rings is 3. The number of nitrogens with one attached hydrogen (secondary N) is 4. The maximum absolute atomic E-state index is 13.6. The Labute approximate surface area is 290 Å². The van der Waals surface area contributed by atoms with Gasteiger partial charge >= 0.3 is 6.09 Å². The number of likely N-dealkylation sites (tertiary alicyclic amines) is 1. The number of carbonyl (C=O) groups is 2. The van der Waals surface area contributed by atoms with Crippen molar-refractivity contribution in [1.29, 1.82) is 5.26 Å². The van der Waals surface area contributed by atoms with Gasteiger partial charge in [0.25, 0.3) is 0 Å². The van der Waals surface area contributed by atoms with E-state index in [1.807, 2.05) is 31.1 Å². The molecule has 3 aliphatic rings. The molecule has 50 heavy (non-hydrogen) atoms. The lowest BCUT2D eigenvalue weighted by Crippen LogP contribution is -2.51. The highest BCUT2D eigenvalue weighted by Crippen LogP contribution is 2.58. The molecule has 1 spiro atoms. The number of hydrogen-bond donors (Lipinski definition) is 5. The van der Waals surface area contributed by atoms with E-state index in [1.54, 1.807) is 0 Å². The fourth-order valence-electron chi connectivity index (χ4n) is 7.69. The summed E-state index contributed by atoms with van der Waals surface area (Å²) in [5.41, 5.74) is 6.23. The van der Waals surface area contributed by atoms with Gasteiger partial charge in [-0.3, -0.25) is 4.79 Å². The number of H-pyrrole nitrogens is 2. The van der Waals surface area contributed by atoms with Crippen LogP contribution in [-0.2, 0) is 4.79 Å². The second-order valence-electron chi connectivity index (χ2n) is 14.6. The van der Waals surface area contributed by atoms with Gasteiger partial charge in [-0.05, 0) is 76.6 Å². The number of aromatic amines is 2. The molecule has 4 unspecified atom stereocenters. The van der Waals surface area contributed by atoms with Crippen molar-refractivity contribution in [3.8, 4) is 39.7 Å². The third-order valence-corrected chi connectivity index (χ3v) is 10.8. The van der Waals surface area contributed by atoms with Gasteiger partial charge in [0.1, 0.15) is 17.7 Å². The number of hydrogen-bond acceptors (Lipinski definition) is 6. The second kappa shape index (κ2) is 12.4. The summed E-state index contributed by atoms with van der Waals surface area (Å²) in [5, 5.41) is 26.7. The van der Waals surface area contributed by atoms with Gasteiger partial charge in [0.15, 0.2) is 0 Å². The van der Waals surface area contributed by atoms with Crippen molar-refractivity contribution in [2.75, 3.05) is 13.1 Å².